The first kappa shape index (κ1) is 16.2. The molecule has 1 aromatic heterocycles. The highest BCUT2D eigenvalue weighted by Gasteiger charge is 2.27. The number of sulfonamides is 1. The van der Waals surface area contributed by atoms with Crippen molar-refractivity contribution >= 4 is 10.0 Å². The first-order valence-corrected chi connectivity index (χ1v) is 9.70. The van der Waals surface area contributed by atoms with Crippen molar-refractivity contribution in [3.8, 4) is 11.3 Å². The largest absolute Gasteiger partial charge is 0.311 e. The second-order valence-electron chi connectivity index (χ2n) is 5.99. The molecule has 23 heavy (non-hydrogen) atoms. The lowest BCUT2D eigenvalue weighted by Crippen LogP contribution is -2.54. The summed E-state index contributed by atoms with van der Waals surface area (Å²) in [7, 11) is -3.21. The summed E-state index contributed by atoms with van der Waals surface area (Å²) in [6.07, 6.45) is 4.96. The van der Waals surface area contributed by atoms with Crippen LogP contribution in [-0.4, -0.2) is 43.1 Å². The van der Waals surface area contributed by atoms with Gasteiger partial charge in [-0.3, -0.25) is 4.68 Å². The van der Waals surface area contributed by atoms with Crippen LogP contribution in [0.25, 0.3) is 11.3 Å². The van der Waals surface area contributed by atoms with E-state index in [2.05, 4.69) is 15.1 Å². The lowest BCUT2D eigenvalue weighted by atomic mass is 9.99. The average molecular weight is 334 g/mol. The Morgan fingerprint density at radius 1 is 1.30 bits per heavy atom. The predicted molar refractivity (Wildman–Crippen MR) is 90.5 cm³/mol. The molecule has 0 radical (unpaired) electrons. The average Bonchev–Trinajstić information content (AvgIpc) is 2.97. The summed E-state index contributed by atoms with van der Waals surface area (Å²) in [5.74, 6) is 0. The summed E-state index contributed by atoms with van der Waals surface area (Å²) in [4.78, 5) is 0. The summed E-state index contributed by atoms with van der Waals surface area (Å²) in [6.45, 7) is 1.54. The number of nitrogens with one attached hydrogen (secondary N) is 2. The fraction of sp³-hybridized carbons (Fsp3) is 0.438. The normalized spacial score (nSPS) is 22.1. The highest BCUT2D eigenvalue weighted by Crippen LogP contribution is 2.17. The molecule has 2 aromatic rings. The van der Waals surface area contributed by atoms with Crippen molar-refractivity contribution in [3.63, 3.8) is 0 Å². The van der Waals surface area contributed by atoms with Crippen LogP contribution in [0.15, 0.2) is 42.6 Å². The van der Waals surface area contributed by atoms with E-state index in [1.54, 1.807) is 0 Å². The maximum Gasteiger partial charge on any atom is 0.209 e. The summed E-state index contributed by atoms with van der Waals surface area (Å²) in [6, 6.07) is 11.9. The van der Waals surface area contributed by atoms with Crippen molar-refractivity contribution in [1.82, 2.24) is 19.8 Å². The van der Waals surface area contributed by atoms with Crippen molar-refractivity contribution in [2.45, 2.75) is 31.5 Å². The molecule has 0 aliphatic carbocycles. The molecular formula is C16H22N4O2S. The maximum atomic E-state index is 11.5. The molecular weight excluding hydrogens is 312 g/mol. The molecule has 3 rings (SSSR count). The Morgan fingerprint density at radius 3 is 2.83 bits per heavy atom. The lowest BCUT2D eigenvalue weighted by Gasteiger charge is -2.32. The summed E-state index contributed by atoms with van der Waals surface area (Å²) < 4.78 is 27.7. The van der Waals surface area contributed by atoms with Gasteiger partial charge in [0.15, 0.2) is 0 Å². The van der Waals surface area contributed by atoms with Gasteiger partial charge >= 0.3 is 0 Å². The van der Waals surface area contributed by atoms with Gasteiger partial charge in [0, 0.05) is 23.8 Å². The van der Waals surface area contributed by atoms with Crippen LogP contribution in [-0.2, 0) is 16.6 Å². The quantitative estimate of drug-likeness (QED) is 0.862. The van der Waals surface area contributed by atoms with Crippen LogP contribution < -0.4 is 10.0 Å². The molecule has 1 aliphatic rings. The lowest BCUT2D eigenvalue weighted by molar-refractivity contribution is 0.294. The minimum atomic E-state index is -3.21. The highest BCUT2D eigenvalue weighted by molar-refractivity contribution is 7.88. The summed E-state index contributed by atoms with van der Waals surface area (Å²) in [5, 5.41) is 8.01. The molecule has 0 saturated carbocycles. The molecule has 2 N–H and O–H groups in total. The Labute approximate surface area is 137 Å². The first-order chi connectivity index (χ1) is 11.0. The minimum absolute atomic E-state index is 0.0435. The fourth-order valence-corrected chi connectivity index (χ4v) is 3.82. The van der Waals surface area contributed by atoms with Crippen molar-refractivity contribution in [2.24, 2.45) is 0 Å². The Bertz CT molecular complexity index is 742. The molecule has 1 aromatic carbocycles. The molecule has 7 heteroatoms. The maximum absolute atomic E-state index is 11.5. The molecule has 6 nitrogen and oxygen atoms in total. The van der Waals surface area contributed by atoms with E-state index in [9.17, 15) is 8.42 Å². The molecule has 1 saturated heterocycles. The molecule has 0 spiro atoms. The van der Waals surface area contributed by atoms with E-state index >= 15 is 0 Å². The third kappa shape index (κ3) is 4.40. The van der Waals surface area contributed by atoms with E-state index in [0.717, 1.165) is 30.6 Å². The highest BCUT2D eigenvalue weighted by atomic mass is 32.2. The first-order valence-electron chi connectivity index (χ1n) is 7.81. The Morgan fingerprint density at radius 2 is 2.09 bits per heavy atom. The van der Waals surface area contributed by atoms with Crippen molar-refractivity contribution < 1.29 is 8.42 Å². The number of aromatic nitrogens is 2. The van der Waals surface area contributed by atoms with Gasteiger partial charge in [-0.2, -0.15) is 5.10 Å². The standard InChI is InChI=1S/C16H22N4O2S/c1-23(21,22)19-15-8-5-10-17-16(15)12-20-11-9-14(18-20)13-6-3-2-4-7-13/h2-4,6-7,9,11,15-17,19H,5,8,10,12H2,1H3. The van der Waals surface area contributed by atoms with Crippen LogP contribution in [0, 0.1) is 0 Å². The molecule has 2 heterocycles. The predicted octanol–water partition coefficient (Wildman–Crippen LogP) is 1.22. The van der Waals surface area contributed by atoms with E-state index < -0.39 is 10.0 Å². The molecule has 2 atom stereocenters. The van der Waals surface area contributed by atoms with Gasteiger partial charge in [0.25, 0.3) is 0 Å². The van der Waals surface area contributed by atoms with Crippen LogP contribution in [0.5, 0.6) is 0 Å². The zero-order valence-electron chi connectivity index (χ0n) is 13.1. The molecule has 0 amide bonds. The Hall–Kier alpha value is -1.70. The molecule has 0 bridgehead atoms. The fourth-order valence-electron chi connectivity index (χ4n) is 2.99. The van der Waals surface area contributed by atoms with Crippen LogP contribution in [0.3, 0.4) is 0 Å². The number of piperidine rings is 1. The van der Waals surface area contributed by atoms with Crippen LogP contribution in [0.1, 0.15) is 12.8 Å². The van der Waals surface area contributed by atoms with Gasteiger partial charge in [0.05, 0.1) is 18.5 Å². The molecule has 1 fully saturated rings. The molecule has 2 unspecified atom stereocenters. The van der Waals surface area contributed by atoms with E-state index in [4.69, 9.17) is 0 Å². The smallest absolute Gasteiger partial charge is 0.209 e. The van der Waals surface area contributed by atoms with Crippen molar-refractivity contribution in [1.29, 1.82) is 0 Å². The van der Waals surface area contributed by atoms with Gasteiger partial charge in [-0.25, -0.2) is 13.1 Å². The third-order valence-corrected chi connectivity index (χ3v) is 4.77. The molecule has 1 aliphatic heterocycles. The number of hydrogen-bond donors (Lipinski definition) is 2. The van der Waals surface area contributed by atoms with Gasteiger partial charge in [-0.15, -0.1) is 0 Å². The third-order valence-electron chi connectivity index (χ3n) is 4.04. The Balaban J connectivity index is 1.71. The van der Waals surface area contributed by atoms with Crippen molar-refractivity contribution in [3.05, 3.63) is 42.6 Å². The second kappa shape index (κ2) is 6.82. The van der Waals surface area contributed by atoms with E-state index in [1.807, 2.05) is 47.3 Å². The SMILES string of the molecule is CS(=O)(=O)NC1CCCNC1Cn1ccc(-c2ccccc2)n1. The zero-order chi connectivity index (χ0) is 16.3. The number of benzene rings is 1. The second-order valence-corrected chi connectivity index (χ2v) is 7.77. The van der Waals surface area contributed by atoms with Crippen LogP contribution >= 0.6 is 0 Å². The van der Waals surface area contributed by atoms with E-state index in [0.29, 0.717) is 6.54 Å². The van der Waals surface area contributed by atoms with Gasteiger partial charge < -0.3 is 5.32 Å². The summed E-state index contributed by atoms with van der Waals surface area (Å²) >= 11 is 0. The number of rotatable bonds is 5. The number of hydrogen-bond acceptors (Lipinski definition) is 4. The monoisotopic (exact) mass is 334 g/mol. The zero-order valence-corrected chi connectivity index (χ0v) is 14.0. The Kier molecular flexibility index (Phi) is 4.79. The summed E-state index contributed by atoms with van der Waals surface area (Å²) in [5.41, 5.74) is 2.00. The minimum Gasteiger partial charge on any atom is -0.311 e. The number of nitrogens with zero attached hydrogens (tertiary/aromatic N) is 2. The van der Waals surface area contributed by atoms with Crippen LogP contribution in [0.4, 0.5) is 0 Å². The van der Waals surface area contributed by atoms with Crippen LogP contribution in [0.2, 0.25) is 0 Å². The topological polar surface area (TPSA) is 76.0 Å². The van der Waals surface area contributed by atoms with Gasteiger partial charge in [0.1, 0.15) is 0 Å². The van der Waals surface area contributed by atoms with Gasteiger partial charge in [0.2, 0.25) is 10.0 Å². The van der Waals surface area contributed by atoms with E-state index in [1.165, 1.54) is 6.26 Å². The van der Waals surface area contributed by atoms with Gasteiger partial charge in [-0.1, -0.05) is 30.3 Å². The van der Waals surface area contributed by atoms with Gasteiger partial charge in [-0.05, 0) is 25.5 Å². The van der Waals surface area contributed by atoms with E-state index in [-0.39, 0.29) is 12.1 Å². The molecule has 124 valence electrons. The van der Waals surface area contributed by atoms with Crippen molar-refractivity contribution in [2.75, 3.05) is 12.8 Å².